The van der Waals surface area contributed by atoms with Gasteiger partial charge >= 0.3 is 0 Å². The van der Waals surface area contributed by atoms with Crippen LogP contribution in [0, 0.1) is 0 Å². The lowest BCUT2D eigenvalue weighted by Crippen LogP contribution is -1.97. The molecule has 0 unspecified atom stereocenters. The standard InChI is InChI=1S/C15H12O/c16-15-12-5-4-10-14(15)11-6-9-13-7-2-1-3-8-13/h1-12H/b9-6+,14-11-. The van der Waals surface area contributed by atoms with Gasteiger partial charge in [-0.15, -0.1) is 0 Å². The van der Waals surface area contributed by atoms with Crippen molar-refractivity contribution in [2.45, 2.75) is 0 Å². The number of carbonyl (C=O) groups is 1. The molecule has 0 heterocycles. The highest BCUT2D eigenvalue weighted by molar-refractivity contribution is 6.07. The summed E-state index contributed by atoms with van der Waals surface area (Å²) in [5.74, 6) is 0.0558. The van der Waals surface area contributed by atoms with Crippen LogP contribution in [0.2, 0.25) is 0 Å². The topological polar surface area (TPSA) is 17.1 Å². The fraction of sp³-hybridized carbons (Fsp3) is 0. The van der Waals surface area contributed by atoms with Crippen LogP contribution in [0.3, 0.4) is 0 Å². The molecule has 1 aliphatic carbocycles. The Balaban J connectivity index is 2.09. The number of benzene rings is 1. The largest absolute Gasteiger partial charge is 0.289 e. The number of ketones is 1. The molecule has 0 radical (unpaired) electrons. The maximum absolute atomic E-state index is 11.4. The molecule has 0 fully saturated rings. The molecule has 0 aliphatic heterocycles. The summed E-state index contributed by atoms with van der Waals surface area (Å²) in [7, 11) is 0. The maximum atomic E-state index is 11.4. The van der Waals surface area contributed by atoms with E-state index in [0.717, 1.165) is 11.1 Å². The van der Waals surface area contributed by atoms with Crippen LogP contribution < -0.4 is 0 Å². The van der Waals surface area contributed by atoms with Crippen LogP contribution in [0.1, 0.15) is 5.56 Å². The van der Waals surface area contributed by atoms with E-state index in [2.05, 4.69) is 0 Å². The molecule has 0 spiro atoms. The smallest absolute Gasteiger partial charge is 0.185 e. The van der Waals surface area contributed by atoms with Crippen molar-refractivity contribution in [2.24, 2.45) is 0 Å². The second-order valence-electron chi connectivity index (χ2n) is 3.47. The van der Waals surface area contributed by atoms with E-state index in [0.29, 0.717) is 0 Å². The monoisotopic (exact) mass is 208 g/mol. The van der Waals surface area contributed by atoms with E-state index in [1.165, 1.54) is 0 Å². The average Bonchev–Trinajstić information content (AvgIpc) is 2.33. The normalized spacial score (nSPS) is 17.5. The molecular formula is C15H12O. The molecule has 0 N–H and O–H groups in total. The van der Waals surface area contributed by atoms with Gasteiger partial charge in [0.2, 0.25) is 0 Å². The maximum Gasteiger partial charge on any atom is 0.185 e. The van der Waals surface area contributed by atoms with E-state index in [1.807, 2.05) is 60.7 Å². The van der Waals surface area contributed by atoms with E-state index in [9.17, 15) is 4.79 Å². The summed E-state index contributed by atoms with van der Waals surface area (Å²) in [4.78, 5) is 11.4. The summed E-state index contributed by atoms with van der Waals surface area (Å²) < 4.78 is 0. The molecule has 0 saturated carbocycles. The molecule has 1 aliphatic rings. The lowest BCUT2D eigenvalue weighted by Gasteiger charge is -1.98. The third kappa shape index (κ3) is 2.67. The van der Waals surface area contributed by atoms with Crippen molar-refractivity contribution >= 4 is 11.9 Å². The Morgan fingerprint density at radius 3 is 2.44 bits per heavy atom. The van der Waals surface area contributed by atoms with E-state index < -0.39 is 0 Å². The number of allylic oxidation sites excluding steroid dienone is 7. The SMILES string of the molecule is O=C1C=CC=C/C1=C/C=C/c1ccccc1. The van der Waals surface area contributed by atoms with E-state index >= 15 is 0 Å². The number of carbonyl (C=O) groups excluding carboxylic acids is 1. The van der Waals surface area contributed by atoms with Gasteiger partial charge in [-0.2, -0.15) is 0 Å². The van der Waals surface area contributed by atoms with Gasteiger partial charge in [-0.3, -0.25) is 4.79 Å². The van der Waals surface area contributed by atoms with E-state index in [4.69, 9.17) is 0 Å². The summed E-state index contributed by atoms with van der Waals surface area (Å²) in [5.41, 5.74) is 1.84. The van der Waals surface area contributed by atoms with E-state index in [1.54, 1.807) is 12.2 Å². The van der Waals surface area contributed by atoms with Crippen LogP contribution in [0.25, 0.3) is 6.08 Å². The van der Waals surface area contributed by atoms with Crippen molar-refractivity contribution < 1.29 is 4.79 Å². The highest BCUT2D eigenvalue weighted by Gasteiger charge is 2.02. The van der Waals surface area contributed by atoms with Gasteiger partial charge in [0.1, 0.15) is 0 Å². The number of rotatable bonds is 2. The summed E-state index contributed by atoms with van der Waals surface area (Å²) in [6.07, 6.45) is 12.7. The van der Waals surface area contributed by atoms with Crippen LogP contribution in [0.15, 0.2) is 72.4 Å². The first-order valence-corrected chi connectivity index (χ1v) is 5.19. The Morgan fingerprint density at radius 2 is 1.69 bits per heavy atom. The molecule has 2 rings (SSSR count). The number of hydrogen-bond donors (Lipinski definition) is 0. The summed E-state index contributed by atoms with van der Waals surface area (Å²) in [6, 6.07) is 10.00. The fourth-order valence-electron chi connectivity index (χ4n) is 1.45. The molecule has 1 heteroatoms. The first-order valence-electron chi connectivity index (χ1n) is 5.19. The predicted molar refractivity (Wildman–Crippen MR) is 66.8 cm³/mol. The summed E-state index contributed by atoms with van der Waals surface area (Å²) >= 11 is 0. The van der Waals surface area contributed by atoms with Crippen LogP contribution in [-0.2, 0) is 4.79 Å². The molecule has 1 aromatic rings. The van der Waals surface area contributed by atoms with E-state index in [-0.39, 0.29) is 5.78 Å². The Labute approximate surface area is 95.1 Å². The molecule has 78 valence electrons. The predicted octanol–water partition coefficient (Wildman–Crippen LogP) is 3.32. The molecule has 0 atom stereocenters. The summed E-state index contributed by atoms with van der Waals surface area (Å²) in [6.45, 7) is 0. The van der Waals surface area contributed by atoms with Gasteiger partial charge in [0.25, 0.3) is 0 Å². The number of hydrogen-bond acceptors (Lipinski definition) is 1. The lowest BCUT2D eigenvalue weighted by molar-refractivity contribution is -0.111. The zero-order valence-corrected chi connectivity index (χ0v) is 8.84. The fourth-order valence-corrected chi connectivity index (χ4v) is 1.45. The Hall–Kier alpha value is -2.15. The Kier molecular flexibility index (Phi) is 3.29. The molecule has 16 heavy (non-hydrogen) atoms. The summed E-state index contributed by atoms with van der Waals surface area (Å²) in [5, 5.41) is 0. The molecule has 0 bridgehead atoms. The van der Waals surface area contributed by atoms with Crippen molar-refractivity contribution in [1.29, 1.82) is 0 Å². The Morgan fingerprint density at radius 1 is 0.938 bits per heavy atom. The quantitative estimate of drug-likeness (QED) is 0.681. The second-order valence-corrected chi connectivity index (χ2v) is 3.47. The lowest BCUT2D eigenvalue weighted by atomic mass is 10.1. The minimum absolute atomic E-state index is 0.0558. The molecule has 0 amide bonds. The second kappa shape index (κ2) is 5.08. The van der Waals surface area contributed by atoms with Gasteiger partial charge in [0, 0.05) is 5.57 Å². The molecular weight excluding hydrogens is 196 g/mol. The Bertz CT molecular complexity index is 487. The first kappa shape index (κ1) is 10.4. The van der Waals surface area contributed by atoms with Crippen LogP contribution in [0.5, 0.6) is 0 Å². The van der Waals surface area contributed by atoms with Gasteiger partial charge in [-0.05, 0) is 11.6 Å². The minimum atomic E-state index is 0.0558. The minimum Gasteiger partial charge on any atom is -0.289 e. The van der Waals surface area contributed by atoms with Gasteiger partial charge < -0.3 is 0 Å². The van der Waals surface area contributed by atoms with Gasteiger partial charge in [-0.1, -0.05) is 66.8 Å². The van der Waals surface area contributed by atoms with Crippen molar-refractivity contribution in [3.05, 3.63) is 77.9 Å². The highest BCUT2D eigenvalue weighted by Crippen LogP contribution is 2.07. The van der Waals surface area contributed by atoms with Crippen LogP contribution in [0.4, 0.5) is 0 Å². The zero-order chi connectivity index (χ0) is 11.2. The van der Waals surface area contributed by atoms with Gasteiger partial charge in [0.15, 0.2) is 5.78 Å². The zero-order valence-electron chi connectivity index (χ0n) is 8.84. The third-order valence-corrected chi connectivity index (χ3v) is 2.28. The van der Waals surface area contributed by atoms with Crippen molar-refractivity contribution in [3.8, 4) is 0 Å². The first-order chi connectivity index (χ1) is 7.86. The molecule has 1 aromatic carbocycles. The van der Waals surface area contributed by atoms with Crippen molar-refractivity contribution in [1.82, 2.24) is 0 Å². The van der Waals surface area contributed by atoms with Crippen molar-refractivity contribution in [2.75, 3.05) is 0 Å². The molecule has 0 aromatic heterocycles. The third-order valence-electron chi connectivity index (χ3n) is 2.28. The van der Waals surface area contributed by atoms with Gasteiger partial charge in [-0.25, -0.2) is 0 Å². The average molecular weight is 208 g/mol. The highest BCUT2D eigenvalue weighted by atomic mass is 16.1. The molecule has 1 nitrogen and oxygen atoms in total. The van der Waals surface area contributed by atoms with Crippen LogP contribution >= 0.6 is 0 Å². The van der Waals surface area contributed by atoms with Gasteiger partial charge in [0.05, 0.1) is 0 Å². The van der Waals surface area contributed by atoms with Crippen molar-refractivity contribution in [3.63, 3.8) is 0 Å². The van der Waals surface area contributed by atoms with Crippen LogP contribution in [-0.4, -0.2) is 5.78 Å². The molecule has 0 saturated heterocycles.